The number of aliphatic imine (C=N–C) groups is 2. The molecule has 0 fully saturated rings. The minimum atomic E-state index is -4.47. The van der Waals surface area contributed by atoms with Gasteiger partial charge >= 0.3 is 59.1 Å². The molecule has 0 aliphatic carbocycles. The standard InChI is InChI=1S/C18H20N2O8S2.2Na/c1-11-5-15(29(23,24)25)7-13(17(11)21)9-19-3-4-20-10-14-8-16(30(26,27)28)6-12(2)18(14)22;;/h5-10,21-22H,3-4H2,1-2H3,(H,23,24,25)(H,26,27,28);;/q;2*+1/p-2. The van der Waals surface area contributed by atoms with Crippen LogP contribution in [-0.2, 0) is 20.2 Å². The van der Waals surface area contributed by atoms with Crippen molar-refractivity contribution in [2.45, 2.75) is 23.6 Å². The van der Waals surface area contributed by atoms with Crippen molar-refractivity contribution in [1.82, 2.24) is 0 Å². The molecule has 0 aliphatic rings. The summed E-state index contributed by atoms with van der Waals surface area (Å²) in [5.74, 6) is -0.883. The Bertz CT molecular complexity index is 1150. The van der Waals surface area contributed by atoms with E-state index in [9.17, 15) is 27.0 Å². The summed E-state index contributed by atoms with van der Waals surface area (Å²) in [5.41, 5.74) is 0.207. The van der Waals surface area contributed by atoms with Gasteiger partial charge in [-0.05, 0) is 49.2 Å². The molecule has 0 aromatic heterocycles. The van der Waals surface area contributed by atoms with Crippen molar-refractivity contribution in [3.8, 4) is 11.5 Å². The molecule has 32 heavy (non-hydrogen) atoms. The van der Waals surface area contributed by atoms with Crippen molar-refractivity contribution >= 4 is 32.7 Å². The van der Waals surface area contributed by atoms with Gasteiger partial charge < -0.3 is 10.2 Å². The van der Waals surface area contributed by atoms with E-state index in [0.717, 1.165) is 36.7 Å². The fourth-order valence-corrected chi connectivity index (χ4v) is 3.67. The van der Waals surface area contributed by atoms with Crippen molar-refractivity contribution in [2.24, 2.45) is 9.98 Å². The van der Waals surface area contributed by atoms with Crippen LogP contribution in [0.25, 0.3) is 0 Å². The second-order valence-corrected chi connectivity index (χ2v) is 9.18. The van der Waals surface area contributed by atoms with E-state index < -0.39 is 41.5 Å². The van der Waals surface area contributed by atoms with Crippen LogP contribution in [0.2, 0.25) is 0 Å². The maximum absolute atomic E-state index is 12.0. The minimum Gasteiger partial charge on any atom is -0.872 e. The van der Waals surface area contributed by atoms with Gasteiger partial charge in [-0.25, -0.2) is 0 Å². The average molecular weight is 500 g/mol. The molecule has 0 radical (unpaired) electrons. The van der Waals surface area contributed by atoms with Gasteiger partial charge in [-0.1, -0.05) is 22.6 Å². The van der Waals surface area contributed by atoms with Gasteiger partial charge in [0.2, 0.25) is 0 Å². The summed E-state index contributed by atoms with van der Waals surface area (Å²) in [7, 11) is -8.94. The molecule has 0 bridgehead atoms. The first-order valence-corrected chi connectivity index (χ1v) is 11.3. The van der Waals surface area contributed by atoms with Crippen molar-refractivity contribution in [3.63, 3.8) is 0 Å². The van der Waals surface area contributed by atoms with Gasteiger partial charge in [-0.2, -0.15) is 16.8 Å². The third-order valence-electron chi connectivity index (χ3n) is 3.97. The molecule has 0 unspecified atom stereocenters. The molecule has 10 nitrogen and oxygen atoms in total. The van der Waals surface area contributed by atoms with Crippen molar-refractivity contribution in [3.05, 3.63) is 46.5 Å². The van der Waals surface area contributed by atoms with Gasteiger partial charge in [-0.15, -0.1) is 0 Å². The van der Waals surface area contributed by atoms with Crippen LogP contribution in [-0.4, -0.2) is 51.5 Å². The number of rotatable bonds is 7. The summed E-state index contributed by atoms with van der Waals surface area (Å²) >= 11 is 0. The molecule has 2 aromatic rings. The van der Waals surface area contributed by atoms with Gasteiger partial charge in [0.25, 0.3) is 20.2 Å². The molecule has 0 amide bonds. The SMILES string of the molecule is Cc1cc(S(=O)(=O)O)cc(C=NCCN=Cc2cc(S(=O)(=O)O)cc(C)c2[O-])c1[O-].[Na+].[Na+]. The molecule has 0 heterocycles. The van der Waals surface area contributed by atoms with E-state index in [4.69, 9.17) is 9.11 Å². The fourth-order valence-electron chi connectivity index (χ4n) is 2.47. The van der Waals surface area contributed by atoms with Crippen LogP contribution in [0.15, 0.2) is 44.0 Å². The number of hydrogen-bond donors (Lipinski definition) is 2. The first-order chi connectivity index (χ1) is 13.8. The van der Waals surface area contributed by atoms with Gasteiger partial charge in [-0.3, -0.25) is 19.1 Å². The molecule has 0 aliphatic heterocycles. The predicted molar refractivity (Wildman–Crippen MR) is 106 cm³/mol. The van der Waals surface area contributed by atoms with E-state index >= 15 is 0 Å². The third kappa shape index (κ3) is 8.52. The molecule has 14 heteroatoms. The Morgan fingerprint density at radius 2 is 1.06 bits per heavy atom. The molecule has 2 aromatic carbocycles. The Morgan fingerprint density at radius 1 is 0.750 bits per heavy atom. The Morgan fingerprint density at radius 3 is 1.34 bits per heavy atom. The largest absolute Gasteiger partial charge is 1.00 e. The second-order valence-electron chi connectivity index (χ2n) is 6.34. The Hall–Kier alpha value is -0.800. The Balaban J connectivity index is 0.00000480. The molecule has 2 N–H and O–H groups in total. The maximum atomic E-state index is 12.0. The summed E-state index contributed by atoms with van der Waals surface area (Å²) < 4.78 is 63.2. The topological polar surface area (TPSA) is 180 Å². The zero-order chi connectivity index (χ0) is 22.7. The first-order valence-electron chi connectivity index (χ1n) is 8.38. The van der Waals surface area contributed by atoms with Crippen LogP contribution in [0.1, 0.15) is 22.3 Å². The van der Waals surface area contributed by atoms with Gasteiger partial charge in [0.1, 0.15) is 0 Å². The number of hydrogen-bond acceptors (Lipinski definition) is 8. The summed E-state index contributed by atoms with van der Waals surface area (Å²) in [6.07, 6.45) is 2.31. The fraction of sp³-hybridized carbons (Fsp3) is 0.222. The Labute approximate surface area is 230 Å². The van der Waals surface area contributed by atoms with E-state index in [0.29, 0.717) is 0 Å². The van der Waals surface area contributed by atoms with Crippen LogP contribution in [0.4, 0.5) is 0 Å². The van der Waals surface area contributed by atoms with Crippen LogP contribution in [0, 0.1) is 13.8 Å². The monoisotopic (exact) mass is 500 g/mol. The van der Waals surface area contributed by atoms with Crippen molar-refractivity contribution < 1.29 is 95.3 Å². The zero-order valence-electron chi connectivity index (χ0n) is 17.9. The maximum Gasteiger partial charge on any atom is 1.00 e. The number of benzene rings is 2. The summed E-state index contributed by atoms with van der Waals surface area (Å²) in [6.45, 7) is 2.97. The minimum absolute atomic E-state index is 0. The molecule has 2 rings (SSSR count). The molecule has 0 atom stereocenters. The number of aryl methyl sites for hydroxylation is 2. The van der Waals surface area contributed by atoms with Crippen molar-refractivity contribution in [1.29, 1.82) is 0 Å². The van der Waals surface area contributed by atoms with Gasteiger partial charge in [0.15, 0.2) is 0 Å². The Kier molecular flexibility index (Phi) is 12.3. The molecule has 162 valence electrons. The first kappa shape index (κ1) is 31.2. The van der Waals surface area contributed by atoms with E-state index in [-0.39, 0.29) is 94.5 Å². The summed E-state index contributed by atoms with van der Waals surface area (Å²) in [6, 6.07) is 4.13. The molecular weight excluding hydrogens is 482 g/mol. The normalized spacial score (nSPS) is 12.0. The quantitative estimate of drug-likeness (QED) is 0.163. The van der Waals surface area contributed by atoms with Gasteiger partial charge in [0.05, 0.1) is 22.9 Å². The predicted octanol–water partition coefficient (Wildman–Crippen LogP) is -5.51. The zero-order valence-corrected chi connectivity index (χ0v) is 23.6. The second kappa shape index (κ2) is 12.6. The number of nitrogens with zero attached hydrogens (tertiary/aromatic N) is 2. The molecule has 0 saturated carbocycles. The van der Waals surface area contributed by atoms with Crippen LogP contribution in [0.5, 0.6) is 11.5 Å². The van der Waals surface area contributed by atoms with E-state index in [1.165, 1.54) is 13.8 Å². The van der Waals surface area contributed by atoms with E-state index in [1.807, 2.05) is 0 Å². The van der Waals surface area contributed by atoms with Crippen molar-refractivity contribution in [2.75, 3.05) is 13.1 Å². The van der Waals surface area contributed by atoms with Crippen LogP contribution >= 0.6 is 0 Å². The summed E-state index contributed by atoms with van der Waals surface area (Å²) in [4.78, 5) is 7.09. The molecular formula is C18H18N2Na2O8S2. The average Bonchev–Trinajstić information content (AvgIpc) is 2.62. The molecule has 0 saturated heterocycles. The van der Waals surface area contributed by atoms with E-state index in [1.54, 1.807) is 0 Å². The molecule has 0 spiro atoms. The van der Waals surface area contributed by atoms with Gasteiger partial charge in [0, 0.05) is 12.4 Å². The smallest absolute Gasteiger partial charge is 0.872 e. The van der Waals surface area contributed by atoms with E-state index in [2.05, 4.69) is 9.98 Å². The third-order valence-corrected chi connectivity index (χ3v) is 5.63. The van der Waals surface area contributed by atoms with Crippen LogP contribution < -0.4 is 69.3 Å². The van der Waals surface area contributed by atoms with Crippen LogP contribution in [0.3, 0.4) is 0 Å². The summed E-state index contributed by atoms with van der Waals surface area (Å²) in [5, 5.41) is 24.1.